The van der Waals surface area contributed by atoms with Crippen LogP contribution in [-0.4, -0.2) is 41.4 Å². The summed E-state index contributed by atoms with van der Waals surface area (Å²) in [6.45, 7) is 0.126. The quantitative estimate of drug-likeness (QED) is 0.529. The largest absolute Gasteiger partial charge is 0.454 e. The molecule has 2 saturated heterocycles. The van der Waals surface area contributed by atoms with Crippen molar-refractivity contribution in [3.8, 4) is 11.5 Å². The van der Waals surface area contributed by atoms with E-state index in [1.807, 2.05) is 0 Å². The van der Waals surface area contributed by atoms with Crippen molar-refractivity contribution in [3.63, 3.8) is 0 Å². The van der Waals surface area contributed by atoms with Crippen LogP contribution in [0.25, 0.3) is 0 Å². The van der Waals surface area contributed by atoms with Gasteiger partial charge in [-0.1, -0.05) is 29.8 Å². The van der Waals surface area contributed by atoms with Crippen molar-refractivity contribution in [2.75, 3.05) is 12.1 Å². The number of ether oxygens (including phenoxy) is 2. The number of nitrogens with two attached hydrogens (primary N) is 1. The Balaban J connectivity index is 1.40. The van der Waals surface area contributed by atoms with E-state index in [9.17, 15) is 19.2 Å². The van der Waals surface area contributed by atoms with E-state index < -0.39 is 47.0 Å². The first-order chi connectivity index (χ1) is 16.8. The van der Waals surface area contributed by atoms with Crippen LogP contribution in [0.5, 0.6) is 11.5 Å². The number of imide groups is 1. The molecule has 1 spiro atoms. The average molecular weight is 497 g/mol. The Bertz CT molecular complexity index is 1310. The summed E-state index contributed by atoms with van der Waals surface area (Å²) in [5, 5.41) is 6.37. The van der Waals surface area contributed by atoms with Crippen LogP contribution in [0.4, 0.5) is 5.69 Å². The number of hydrogen-bond acceptors (Lipinski definition) is 7. The lowest BCUT2D eigenvalue weighted by Gasteiger charge is -2.29. The fourth-order valence-electron chi connectivity index (χ4n) is 5.78. The van der Waals surface area contributed by atoms with Crippen LogP contribution in [0.15, 0.2) is 36.4 Å². The number of nitrogens with one attached hydrogen (secondary N) is 2. The predicted octanol–water partition coefficient (Wildman–Crippen LogP) is 1.25. The number of benzene rings is 2. The molecule has 180 valence electrons. The molecule has 4 atom stereocenters. The SMILES string of the molecule is NC(=O)CC[C@@H]1N[C@@]2(C(=O)Nc3c(Cl)cccc32)[C@H]2C(=O)N(Cc3ccc4c(c3)OCO4)C(=O)[C@H]12. The Morgan fingerprint density at radius 3 is 2.74 bits per heavy atom. The molecule has 4 heterocycles. The normalized spacial score (nSPS) is 28.0. The van der Waals surface area contributed by atoms with Gasteiger partial charge in [0, 0.05) is 18.0 Å². The van der Waals surface area contributed by atoms with Crippen molar-refractivity contribution >= 4 is 40.9 Å². The second-order valence-corrected chi connectivity index (χ2v) is 9.54. The highest BCUT2D eigenvalue weighted by atomic mass is 35.5. The zero-order valence-corrected chi connectivity index (χ0v) is 19.1. The van der Waals surface area contributed by atoms with E-state index in [1.165, 1.54) is 4.90 Å². The van der Waals surface area contributed by atoms with Gasteiger partial charge < -0.3 is 20.5 Å². The molecule has 4 aliphatic rings. The van der Waals surface area contributed by atoms with Crippen LogP contribution in [0.3, 0.4) is 0 Å². The number of halogens is 1. The van der Waals surface area contributed by atoms with Gasteiger partial charge in [-0.25, -0.2) is 0 Å². The van der Waals surface area contributed by atoms with E-state index in [1.54, 1.807) is 36.4 Å². The minimum absolute atomic E-state index is 0.00458. The lowest BCUT2D eigenvalue weighted by Crippen LogP contribution is -2.53. The molecule has 2 aromatic carbocycles. The Hall–Kier alpha value is -3.63. The second-order valence-electron chi connectivity index (χ2n) is 9.13. The monoisotopic (exact) mass is 496 g/mol. The third-order valence-corrected chi connectivity index (χ3v) is 7.58. The molecule has 35 heavy (non-hydrogen) atoms. The number of likely N-dealkylation sites (tertiary alicyclic amines) is 1. The van der Waals surface area contributed by atoms with Crippen molar-refractivity contribution in [3.05, 3.63) is 52.5 Å². The first-order valence-electron chi connectivity index (χ1n) is 11.2. The zero-order chi connectivity index (χ0) is 24.5. The molecule has 0 aliphatic carbocycles. The molecule has 0 aromatic heterocycles. The van der Waals surface area contributed by atoms with Crippen LogP contribution < -0.4 is 25.8 Å². The van der Waals surface area contributed by atoms with Crippen molar-refractivity contribution < 1.29 is 28.7 Å². The topological polar surface area (TPSA) is 140 Å². The zero-order valence-electron chi connectivity index (χ0n) is 18.4. The van der Waals surface area contributed by atoms with E-state index in [0.29, 0.717) is 33.3 Å². The number of para-hydroxylation sites is 1. The first-order valence-corrected chi connectivity index (χ1v) is 11.6. The number of fused-ring (bicyclic) bond motifs is 5. The molecule has 0 bridgehead atoms. The third kappa shape index (κ3) is 3.06. The fraction of sp³-hybridized carbons (Fsp3) is 0.333. The van der Waals surface area contributed by atoms with Crippen LogP contribution in [-0.2, 0) is 31.3 Å². The van der Waals surface area contributed by atoms with Crippen LogP contribution in [0.1, 0.15) is 24.0 Å². The summed E-state index contributed by atoms with van der Waals surface area (Å²) in [5.41, 5.74) is 5.49. The molecule has 4 N–H and O–H groups in total. The molecule has 11 heteroatoms. The number of nitrogens with zero attached hydrogens (tertiary/aromatic N) is 1. The Kier molecular flexibility index (Phi) is 4.81. The number of carbonyl (C=O) groups excluding carboxylic acids is 4. The van der Waals surface area contributed by atoms with Gasteiger partial charge >= 0.3 is 0 Å². The molecule has 4 aliphatic heterocycles. The lowest BCUT2D eigenvalue weighted by atomic mass is 9.76. The summed E-state index contributed by atoms with van der Waals surface area (Å²) in [4.78, 5) is 53.6. The smallest absolute Gasteiger partial charge is 0.250 e. The number of carbonyl (C=O) groups is 4. The van der Waals surface area contributed by atoms with Gasteiger partial charge in [0.25, 0.3) is 0 Å². The third-order valence-electron chi connectivity index (χ3n) is 7.27. The number of anilines is 1. The van der Waals surface area contributed by atoms with Crippen molar-refractivity contribution in [1.82, 2.24) is 10.2 Å². The molecule has 6 rings (SSSR count). The van der Waals surface area contributed by atoms with Gasteiger partial charge in [-0.2, -0.15) is 0 Å². The van der Waals surface area contributed by atoms with Gasteiger partial charge in [0.15, 0.2) is 11.5 Å². The Morgan fingerprint density at radius 2 is 1.94 bits per heavy atom. The maximum atomic E-state index is 13.8. The minimum Gasteiger partial charge on any atom is -0.454 e. The van der Waals surface area contributed by atoms with E-state index in [0.717, 1.165) is 0 Å². The molecule has 10 nitrogen and oxygen atoms in total. The molecule has 2 fully saturated rings. The van der Waals surface area contributed by atoms with Gasteiger partial charge in [0.1, 0.15) is 5.54 Å². The molecule has 4 amide bonds. The number of primary amides is 1. The maximum absolute atomic E-state index is 13.8. The van der Waals surface area contributed by atoms with Crippen LogP contribution in [0, 0.1) is 11.8 Å². The highest BCUT2D eigenvalue weighted by molar-refractivity contribution is 6.35. The van der Waals surface area contributed by atoms with Gasteiger partial charge in [-0.15, -0.1) is 0 Å². The van der Waals surface area contributed by atoms with E-state index in [-0.39, 0.29) is 26.2 Å². The predicted molar refractivity (Wildman–Crippen MR) is 122 cm³/mol. The van der Waals surface area contributed by atoms with Crippen molar-refractivity contribution in [1.29, 1.82) is 0 Å². The van der Waals surface area contributed by atoms with E-state index in [4.69, 9.17) is 26.8 Å². The average Bonchev–Trinajstić information content (AvgIpc) is 3.55. The molecular formula is C24H21ClN4O6. The number of amides is 4. The standard InChI is InChI=1S/C24H21ClN4O6/c25-13-3-1-2-12-20(13)27-23(33)24(12)19-18(14(28-24)5-7-17(26)30)21(31)29(22(19)32)9-11-4-6-15-16(8-11)35-10-34-15/h1-4,6,8,14,18-19,28H,5,7,9-10H2,(H2,26,30)(H,27,33)/t14-,18+,19+,24+/m0/s1. The minimum atomic E-state index is -1.48. The molecule has 2 aromatic rings. The molecule has 0 radical (unpaired) electrons. The second kappa shape index (κ2) is 7.69. The van der Waals surface area contributed by atoms with Crippen molar-refractivity contribution in [2.45, 2.75) is 31.0 Å². The number of hydrogen-bond donors (Lipinski definition) is 3. The maximum Gasteiger partial charge on any atom is 0.250 e. The van der Waals surface area contributed by atoms with Gasteiger partial charge in [0.2, 0.25) is 30.4 Å². The van der Waals surface area contributed by atoms with Gasteiger partial charge in [-0.05, 0) is 30.2 Å². The van der Waals surface area contributed by atoms with Gasteiger partial charge in [-0.3, -0.25) is 29.4 Å². The summed E-state index contributed by atoms with van der Waals surface area (Å²) in [6.07, 6.45) is 0.211. The summed E-state index contributed by atoms with van der Waals surface area (Å²) in [7, 11) is 0. The Morgan fingerprint density at radius 1 is 1.14 bits per heavy atom. The Labute approximate surface area is 204 Å². The highest BCUT2D eigenvalue weighted by Gasteiger charge is 2.70. The molecule has 0 saturated carbocycles. The summed E-state index contributed by atoms with van der Waals surface area (Å²) in [6, 6.07) is 9.67. The highest BCUT2D eigenvalue weighted by Crippen LogP contribution is 2.54. The van der Waals surface area contributed by atoms with Crippen molar-refractivity contribution in [2.24, 2.45) is 17.6 Å². The van der Waals surface area contributed by atoms with E-state index >= 15 is 0 Å². The summed E-state index contributed by atoms with van der Waals surface area (Å²) >= 11 is 6.34. The van der Waals surface area contributed by atoms with Gasteiger partial charge in [0.05, 0.1) is 29.1 Å². The molecule has 0 unspecified atom stereocenters. The lowest BCUT2D eigenvalue weighted by molar-refractivity contribution is -0.143. The molecular weight excluding hydrogens is 476 g/mol. The number of rotatable bonds is 5. The van der Waals surface area contributed by atoms with Crippen LogP contribution >= 0.6 is 11.6 Å². The summed E-state index contributed by atoms with van der Waals surface area (Å²) in [5.74, 6) is -2.56. The summed E-state index contributed by atoms with van der Waals surface area (Å²) < 4.78 is 10.7. The first kappa shape index (κ1) is 21.9. The fourth-order valence-corrected chi connectivity index (χ4v) is 6.00. The van der Waals surface area contributed by atoms with E-state index in [2.05, 4.69) is 10.6 Å². The van der Waals surface area contributed by atoms with Crippen LogP contribution in [0.2, 0.25) is 5.02 Å².